The van der Waals surface area contributed by atoms with Gasteiger partial charge >= 0.3 is 0 Å². The van der Waals surface area contributed by atoms with E-state index in [1.807, 2.05) is 6.92 Å². The van der Waals surface area contributed by atoms with Crippen LogP contribution in [0.3, 0.4) is 0 Å². The van der Waals surface area contributed by atoms with Crippen LogP contribution in [0.15, 0.2) is 17.9 Å². The van der Waals surface area contributed by atoms with E-state index in [-0.39, 0.29) is 0 Å². The van der Waals surface area contributed by atoms with Gasteiger partial charge in [0, 0.05) is 0 Å². The minimum Gasteiger partial charge on any atom is -0.130 e. The third-order valence-corrected chi connectivity index (χ3v) is 0.677. The summed E-state index contributed by atoms with van der Waals surface area (Å²) in [6.07, 6.45) is 0.823. The summed E-state index contributed by atoms with van der Waals surface area (Å²) in [7, 11) is 0. The zero-order chi connectivity index (χ0) is 4.99. The second-order valence-corrected chi connectivity index (χ2v) is 1.21. The van der Waals surface area contributed by atoms with Crippen molar-refractivity contribution in [2.45, 2.75) is 13.3 Å². The molecule has 33 valence electrons. The molecule has 0 aromatic heterocycles. The Morgan fingerprint density at radius 3 is 2.33 bits per heavy atom. The van der Waals surface area contributed by atoms with E-state index in [0.29, 0.717) is 0 Å². The second-order valence-electron chi connectivity index (χ2n) is 1.21. The average molecular weight is 81.1 g/mol. The zero-order valence-corrected chi connectivity index (χ0v) is 4.12. The fourth-order valence-electron chi connectivity index (χ4n) is 0.0884. The Morgan fingerprint density at radius 2 is 2.33 bits per heavy atom. The third kappa shape index (κ3) is 1.80. The van der Waals surface area contributed by atoms with Crippen LogP contribution in [0, 0.1) is 6.92 Å². The van der Waals surface area contributed by atoms with Crippen molar-refractivity contribution in [2.24, 2.45) is 0 Å². The van der Waals surface area contributed by atoms with E-state index in [0.717, 1.165) is 12.0 Å². The lowest BCUT2D eigenvalue weighted by molar-refractivity contribution is 1.22. The van der Waals surface area contributed by atoms with Gasteiger partial charge in [-0.15, -0.1) is 5.73 Å². The second kappa shape index (κ2) is 2.74. The van der Waals surface area contributed by atoms with Crippen molar-refractivity contribution in [2.75, 3.05) is 0 Å². The monoisotopic (exact) mass is 81.1 g/mol. The van der Waals surface area contributed by atoms with E-state index in [4.69, 9.17) is 0 Å². The fraction of sp³-hybridized carbons (Fsp3) is 0.333. The Balaban J connectivity index is 3.52. The first-order chi connectivity index (χ1) is 2.81. The van der Waals surface area contributed by atoms with Gasteiger partial charge in [-0.3, -0.25) is 0 Å². The molecule has 0 rings (SSSR count). The molecule has 0 saturated carbocycles. The van der Waals surface area contributed by atoms with Gasteiger partial charge in [0.25, 0.3) is 0 Å². The van der Waals surface area contributed by atoms with Crippen LogP contribution in [0.25, 0.3) is 0 Å². The molecule has 1 radical (unpaired) electrons. The summed E-state index contributed by atoms with van der Waals surface area (Å²) in [6.45, 7) is 9.00. The topological polar surface area (TPSA) is 0 Å². The molecule has 0 amide bonds. The fourth-order valence-corrected chi connectivity index (χ4v) is 0.0884. The van der Waals surface area contributed by atoms with Crippen LogP contribution in [0.5, 0.6) is 0 Å². The van der Waals surface area contributed by atoms with Crippen LogP contribution in [0.1, 0.15) is 13.3 Å². The Morgan fingerprint density at radius 1 is 1.83 bits per heavy atom. The van der Waals surface area contributed by atoms with Gasteiger partial charge in [0.2, 0.25) is 0 Å². The Labute approximate surface area is 39.2 Å². The predicted octanol–water partition coefficient (Wildman–Crippen LogP) is 1.94. The van der Waals surface area contributed by atoms with Crippen LogP contribution >= 0.6 is 0 Å². The van der Waals surface area contributed by atoms with Crippen molar-refractivity contribution < 1.29 is 0 Å². The normalized spacial score (nSPS) is 7.00. The van der Waals surface area contributed by atoms with Crippen molar-refractivity contribution in [1.82, 2.24) is 0 Å². The lowest BCUT2D eigenvalue weighted by atomic mass is 10.3. The number of allylic oxidation sites excluding steroid dienone is 1. The van der Waals surface area contributed by atoms with E-state index < -0.39 is 0 Å². The molecule has 0 aromatic carbocycles. The summed E-state index contributed by atoms with van der Waals surface area (Å²) >= 11 is 0. The van der Waals surface area contributed by atoms with Crippen LogP contribution in [-0.4, -0.2) is 0 Å². The number of rotatable bonds is 1. The molecule has 0 atom stereocenters. The minimum atomic E-state index is 0.823. The number of hydrogen-bond donors (Lipinski definition) is 0. The molecule has 6 heavy (non-hydrogen) atoms. The lowest BCUT2D eigenvalue weighted by Crippen LogP contribution is -1.61. The van der Waals surface area contributed by atoms with Crippen molar-refractivity contribution in [3.8, 4) is 0 Å². The van der Waals surface area contributed by atoms with Gasteiger partial charge in [-0.05, 0) is 25.8 Å². The summed E-state index contributed by atoms with van der Waals surface area (Å²) < 4.78 is 0. The molecule has 0 aliphatic carbocycles. The minimum absolute atomic E-state index is 0.823. The van der Waals surface area contributed by atoms with Crippen molar-refractivity contribution in [3.05, 3.63) is 24.8 Å². The van der Waals surface area contributed by atoms with Crippen LogP contribution in [-0.2, 0) is 0 Å². The highest BCUT2D eigenvalue weighted by atomic mass is 13.8. The van der Waals surface area contributed by atoms with Gasteiger partial charge in [-0.25, -0.2) is 0 Å². The summed E-state index contributed by atoms with van der Waals surface area (Å²) in [5.41, 5.74) is 3.84. The average Bonchev–Trinajstić information content (AvgIpc) is 1.65. The van der Waals surface area contributed by atoms with Gasteiger partial charge in [0.1, 0.15) is 0 Å². The van der Waals surface area contributed by atoms with Gasteiger partial charge in [0.15, 0.2) is 0 Å². The first-order valence-electron chi connectivity index (χ1n) is 1.96. The van der Waals surface area contributed by atoms with Crippen molar-refractivity contribution in [1.29, 1.82) is 0 Å². The first-order valence-corrected chi connectivity index (χ1v) is 1.96. The van der Waals surface area contributed by atoms with E-state index in [1.165, 1.54) is 0 Å². The maximum atomic E-state index is 3.62. The van der Waals surface area contributed by atoms with E-state index in [1.54, 1.807) is 0 Å². The van der Waals surface area contributed by atoms with Gasteiger partial charge in [-0.1, -0.05) is 6.58 Å². The highest BCUT2D eigenvalue weighted by Gasteiger charge is 1.72. The Bertz CT molecular complexity index is 74.0. The van der Waals surface area contributed by atoms with Crippen LogP contribution < -0.4 is 0 Å². The molecule has 0 aliphatic heterocycles. The van der Waals surface area contributed by atoms with Gasteiger partial charge in [-0.2, -0.15) is 0 Å². The van der Waals surface area contributed by atoms with E-state index in [2.05, 4.69) is 19.2 Å². The highest BCUT2D eigenvalue weighted by molar-refractivity contribution is 4.94. The van der Waals surface area contributed by atoms with Gasteiger partial charge < -0.3 is 0 Å². The molecule has 0 spiro atoms. The molecule has 0 saturated heterocycles. The highest BCUT2D eigenvalue weighted by Crippen LogP contribution is 1.90. The predicted molar refractivity (Wildman–Crippen MR) is 28.3 cm³/mol. The van der Waals surface area contributed by atoms with Gasteiger partial charge in [0.05, 0.1) is 0 Å². The van der Waals surface area contributed by atoms with Crippen LogP contribution in [0.4, 0.5) is 0 Å². The molecule has 0 heterocycles. The summed E-state index contributed by atoms with van der Waals surface area (Å²) in [5.74, 6) is 0. The standard InChI is InChI=1S/C6H9/c1-4-6(3)5-2/h1-2,4H2,3H3. The molecule has 0 nitrogen and oxygen atoms in total. The maximum absolute atomic E-state index is 3.62. The molecule has 0 heteroatoms. The molecule has 0 aliphatic rings. The molecule has 0 bridgehead atoms. The summed E-state index contributed by atoms with van der Waals surface area (Å²) in [6, 6.07) is 0. The zero-order valence-electron chi connectivity index (χ0n) is 4.12. The SMILES string of the molecule is [CH2]CC(C)=C=C. The molecular formula is C6H9. The summed E-state index contributed by atoms with van der Waals surface area (Å²) in [4.78, 5) is 0. The number of hydrogen-bond acceptors (Lipinski definition) is 0. The van der Waals surface area contributed by atoms with E-state index in [9.17, 15) is 0 Å². The molecule has 0 aromatic rings. The largest absolute Gasteiger partial charge is 0.130 e. The molecular weight excluding hydrogens is 72.1 g/mol. The molecule has 0 unspecified atom stereocenters. The lowest BCUT2D eigenvalue weighted by Gasteiger charge is -1.80. The first kappa shape index (κ1) is 5.52. The van der Waals surface area contributed by atoms with Crippen LogP contribution in [0.2, 0.25) is 0 Å². The smallest absolute Gasteiger partial charge is 0.0247 e. The van der Waals surface area contributed by atoms with Crippen molar-refractivity contribution in [3.63, 3.8) is 0 Å². The van der Waals surface area contributed by atoms with Crippen molar-refractivity contribution >= 4 is 0 Å². The molecule has 0 fully saturated rings. The quantitative estimate of drug-likeness (QED) is 0.423. The summed E-state index contributed by atoms with van der Waals surface area (Å²) in [5, 5.41) is 0. The third-order valence-electron chi connectivity index (χ3n) is 0.677. The van der Waals surface area contributed by atoms with E-state index >= 15 is 0 Å². The Hall–Kier alpha value is -0.480. The maximum Gasteiger partial charge on any atom is -0.0247 e. The molecule has 0 N–H and O–H groups in total. The Kier molecular flexibility index (Phi) is 2.52.